The summed E-state index contributed by atoms with van der Waals surface area (Å²) in [6.07, 6.45) is -2.83. The smallest absolute Gasteiger partial charge is 0.416 e. The van der Waals surface area contributed by atoms with Gasteiger partial charge < -0.3 is 15.3 Å². The molecule has 4 aromatic carbocycles. The normalized spacial score (nSPS) is 14.3. The zero-order chi connectivity index (χ0) is 35.5. The molecule has 2 amide bonds. The fraction of sp³-hybridized carbons (Fsp3) is 0.342. The summed E-state index contributed by atoms with van der Waals surface area (Å²) in [6.45, 7) is 6.76. The van der Waals surface area contributed by atoms with Crippen molar-refractivity contribution >= 4 is 28.6 Å². The molecule has 0 aromatic heterocycles. The van der Waals surface area contributed by atoms with E-state index in [2.05, 4.69) is 5.32 Å². The van der Waals surface area contributed by atoms with Crippen LogP contribution in [0, 0.1) is 0 Å². The lowest BCUT2D eigenvalue weighted by Gasteiger charge is -2.35. The lowest BCUT2D eigenvalue weighted by molar-refractivity contribution is -0.220. The first-order valence-electron chi connectivity index (χ1n) is 16.1. The highest BCUT2D eigenvalue weighted by Crippen LogP contribution is 2.36. The van der Waals surface area contributed by atoms with Crippen molar-refractivity contribution in [1.29, 1.82) is 0 Å². The predicted octanol–water partition coefficient (Wildman–Crippen LogP) is 7.37. The molecule has 1 fully saturated rings. The van der Waals surface area contributed by atoms with E-state index in [1.54, 1.807) is 25.2 Å². The van der Waals surface area contributed by atoms with Crippen LogP contribution in [0.3, 0.4) is 0 Å². The van der Waals surface area contributed by atoms with E-state index in [9.17, 15) is 32.7 Å². The predicted molar refractivity (Wildman–Crippen MR) is 182 cm³/mol. The number of fused-ring (bicyclic) bond motifs is 1. The van der Waals surface area contributed by atoms with Crippen molar-refractivity contribution in [2.24, 2.45) is 0 Å². The number of rotatable bonds is 10. The van der Waals surface area contributed by atoms with E-state index in [0.29, 0.717) is 36.1 Å². The van der Waals surface area contributed by atoms with Crippen LogP contribution in [-0.2, 0) is 20.6 Å². The van der Waals surface area contributed by atoms with Gasteiger partial charge in [0.25, 0.3) is 0 Å². The van der Waals surface area contributed by atoms with E-state index in [1.165, 1.54) is 24.1 Å². The third-order valence-corrected chi connectivity index (χ3v) is 8.81. The van der Waals surface area contributed by atoms with Crippen molar-refractivity contribution in [2.45, 2.75) is 51.3 Å². The molecule has 0 radical (unpaired) electrons. The van der Waals surface area contributed by atoms with Crippen molar-refractivity contribution in [3.63, 3.8) is 0 Å². The molecule has 11 heteroatoms. The number of carbonyl (C=O) groups is 3. The van der Waals surface area contributed by atoms with Gasteiger partial charge in [-0.25, -0.2) is 4.79 Å². The minimum absolute atomic E-state index is 0.0294. The fourth-order valence-electron chi connectivity index (χ4n) is 6.27. The van der Waals surface area contributed by atoms with Gasteiger partial charge in [0.1, 0.15) is 12.1 Å². The molecule has 1 aliphatic rings. The molecule has 0 unspecified atom stereocenters. The molecule has 8 nitrogen and oxygen atoms in total. The number of piperidine rings is 1. The van der Waals surface area contributed by atoms with Gasteiger partial charge in [-0.3, -0.25) is 14.4 Å². The van der Waals surface area contributed by atoms with Crippen LogP contribution in [-0.4, -0.2) is 71.7 Å². The van der Waals surface area contributed by atoms with Crippen molar-refractivity contribution in [1.82, 2.24) is 15.3 Å². The number of hydrogen-bond acceptors (Lipinski definition) is 5. The maximum absolute atomic E-state index is 13.1. The number of hydroxylamine groups is 2. The molecular weight excluding hydrogens is 635 g/mol. The molecule has 0 bridgehead atoms. The van der Waals surface area contributed by atoms with E-state index < -0.39 is 23.3 Å². The Hall–Kier alpha value is -4.74. The average Bonchev–Trinajstić information content (AvgIpc) is 3.06. The Morgan fingerprint density at radius 2 is 1.51 bits per heavy atom. The Morgan fingerprint density at radius 1 is 0.898 bits per heavy atom. The van der Waals surface area contributed by atoms with Crippen molar-refractivity contribution < 1.29 is 37.5 Å². The number of amides is 2. The Labute approximate surface area is 283 Å². The first-order chi connectivity index (χ1) is 23.1. The van der Waals surface area contributed by atoms with Crippen LogP contribution in [0.1, 0.15) is 61.0 Å². The number of aromatic carboxylic acids is 1. The van der Waals surface area contributed by atoms with Crippen LogP contribution in [0.4, 0.5) is 13.2 Å². The highest BCUT2D eigenvalue weighted by atomic mass is 19.4. The second-order valence-corrected chi connectivity index (χ2v) is 13.2. The molecule has 0 atom stereocenters. The molecule has 2 N–H and O–H groups in total. The quantitative estimate of drug-likeness (QED) is 0.170. The molecule has 258 valence electrons. The zero-order valence-electron chi connectivity index (χ0n) is 27.9. The van der Waals surface area contributed by atoms with Gasteiger partial charge in [0.05, 0.1) is 11.1 Å². The number of nitrogens with one attached hydrogen (secondary N) is 1. The summed E-state index contributed by atoms with van der Waals surface area (Å²) in [6, 6.07) is 21.7. The zero-order valence-corrected chi connectivity index (χ0v) is 27.9. The van der Waals surface area contributed by atoms with E-state index in [-0.39, 0.29) is 29.8 Å². The maximum Gasteiger partial charge on any atom is 0.416 e. The molecule has 0 spiro atoms. The highest BCUT2D eigenvalue weighted by Gasteiger charge is 2.30. The van der Waals surface area contributed by atoms with Gasteiger partial charge in [-0.2, -0.15) is 18.2 Å². The second-order valence-electron chi connectivity index (χ2n) is 13.2. The standard InChI is InChI=1S/C38H40F3N3O5/c1-24(45)42-23-37(2,3)49-43(4)22-35(46)44-17-15-27(16-18-44)25-5-7-28(8-6-25)34-21-31(36(47)48)20-30-19-29(11-14-33(30)34)26-9-12-32(13-10-26)38(39,40)41/h5-14,19-21,27H,15-18,22-23H2,1-4H3,(H,42,45)(H,47,48). The molecule has 4 aromatic rings. The number of carboxylic acids is 1. The summed E-state index contributed by atoms with van der Waals surface area (Å²) in [5.41, 5.74) is 2.71. The SMILES string of the molecule is CC(=O)NCC(C)(C)ON(C)CC(=O)N1CCC(c2ccc(-c3cc(C(=O)O)cc4cc(-c5ccc(C(F)(F)F)cc5)ccc34)cc2)CC1. The third kappa shape index (κ3) is 8.84. The average molecular weight is 676 g/mol. The molecule has 0 aliphatic carbocycles. The molecule has 1 aliphatic heterocycles. The van der Waals surface area contributed by atoms with Gasteiger partial charge in [-0.05, 0) is 102 Å². The number of likely N-dealkylation sites (tertiary alicyclic amines) is 1. The van der Waals surface area contributed by atoms with E-state index in [1.807, 2.05) is 55.1 Å². The summed E-state index contributed by atoms with van der Waals surface area (Å²) in [4.78, 5) is 44.0. The van der Waals surface area contributed by atoms with Crippen LogP contribution in [0.2, 0.25) is 0 Å². The minimum atomic E-state index is -4.43. The van der Waals surface area contributed by atoms with Crippen LogP contribution in [0.5, 0.6) is 0 Å². The third-order valence-electron chi connectivity index (χ3n) is 8.81. The van der Waals surface area contributed by atoms with E-state index >= 15 is 0 Å². The number of alkyl halides is 3. The summed E-state index contributed by atoms with van der Waals surface area (Å²) in [7, 11) is 1.70. The van der Waals surface area contributed by atoms with Crippen molar-refractivity contribution in [3.8, 4) is 22.3 Å². The molecule has 1 heterocycles. The monoisotopic (exact) mass is 675 g/mol. The van der Waals surface area contributed by atoms with Crippen molar-refractivity contribution in [3.05, 3.63) is 95.6 Å². The minimum Gasteiger partial charge on any atom is -0.478 e. The summed E-state index contributed by atoms with van der Waals surface area (Å²) in [5.74, 6) is -0.993. The Bertz CT molecular complexity index is 1830. The van der Waals surface area contributed by atoms with Gasteiger partial charge in [-0.1, -0.05) is 48.5 Å². The van der Waals surface area contributed by atoms with Gasteiger partial charge in [0.2, 0.25) is 11.8 Å². The molecule has 49 heavy (non-hydrogen) atoms. The second kappa shape index (κ2) is 14.4. The molecule has 1 saturated heterocycles. The molecule has 5 rings (SSSR count). The van der Waals surface area contributed by atoms with Crippen LogP contribution in [0.25, 0.3) is 33.0 Å². The van der Waals surface area contributed by atoms with Gasteiger partial charge in [0.15, 0.2) is 0 Å². The fourth-order valence-corrected chi connectivity index (χ4v) is 6.27. The van der Waals surface area contributed by atoms with Crippen LogP contribution >= 0.6 is 0 Å². The van der Waals surface area contributed by atoms with Gasteiger partial charge >= 0.3 is 12.1 Å². The van der Waals surface area contributed by atoms with Gasteiger partial charge in [-0.15, -0.1) is 0 Å². The number of halogens is 3. The lowest BCUT2D eigenvalue weighted by Crippen LogP contribution is -2.47. The van der Waals surface area contributed by atoms with Crippen LogP contribution < -0.4 is 5.32 Å². The Balaban J connectivity index is 1.26. The first-order valence-corrected chi connectivity index (χ1v) is 16.1. The summed E-state index contributed by atoms with van der Waals surface area (Å²) >= 11 is 0. The highest BCUT2D eigenvalue weighted by molar-refractivity contribution is 6.04. The number of likely N-dealkylation sites (N-methyl/N-ethyl adjacent to an activating group) is 1. The lowest BCUT2D eigenvalue weighted by atomic mass is 9.87. The van der Waals surface area contributed by atoms with Crippen molar-refractivity contribution in [2.75, 3.05) is 33.2 Å². The molecular formula is C38H40F3N3O5. The van der Waals surface area contributed by atoms with E-state index in [0.717, 1.165) is 47.1 Å². The van der Waals surface area contributed by atoms with Gasteiger partial charge in [0, 0.05) is 33.6 Å². The number of carboxylic acid groups (broad SMARTS) is 1. The topological polar surface area (TPSA) is 99.2 Å². The maximum atomic E-state index is 13.1. The molecule has 0 saturated carbocycles. The Kier molecular flexibility index (Phi) is 10.4. The first kappa shape index (κ1) is 35.6. The number of benzene rings is 4. The summed E-state index contributed by atoms with van der Waals surface area (Å²) < 4.78 is 39.2. The number of hydrogen-bond donors (Lipinski definition) is 2. The van der Waals surface area contributed by atoms with Crippen LogP contribution in [0.15, 0.2) is 78.9 Å². The number of carbonyl (C=O) groups excluding carboxylic acids is 2. The summed E-state index contributed by atoms with van der Waals surface area (Å²) in [5, 5.41) is 15.6. The van der Waals surface area contributed by atoms with E-state index in [4.69, 9.17) is 4.84 Å². The number of nitrogens with zero attached hydrogens (tertiary/aromatic N) is 2. The largest absolute Gasteiger partial charge is 0.478 e. The Morgan fingerprint density at radius 3 is 2.10 bits per heavy atom.